The van der Waals surface area contributed by atoms with E-state index in [1.54, 1.807) is 11.3 Å². The molecule has 0 aromatic carbocycles. The topological polar surface area (TPSA) is 94.8 Å². The molecule has 5 nitrogen and oxygen atoms in total. The predicted molar refractivity (Wildman–Crippen MR) is 118 cm³/mol. The van der Waals surface area contributed by atoms with E-state index in [0.29, 0.717) is 19.3 Å². The van der Waals surface area contributed by atoms with E-state index >= 15 is 0 Å². The van der Waals surface area contributed by atoms with Gasteiger partial charge in [0.05, 0.1) is 15.8 Å². The normalized spacial score (nSPS) is 25.6. The van der Waals surface area contributed by atoms with E-state index in [9.17, 15) is 24.9 Å². The van der Waals surface area contributed by atoms with Crippen LogP contribution in [0.25, 0.3) is 0 Å². The molecule has 1 aromatic rings. The molecule has 0 amide bonds. The Hall–Kier alpha value is -1.02. The molecule has 4 atom stereocenters. The van der Waals surface area contributed by atoms with Crippen LogP contribution in [0.1, 0.15) is 63.0 Å². The molecule has 2 rings (SSSR count). The van der Waals surface area contributed by atoms with Gasteiger partial charge >= 0.3 is 5.97 Å². The van der Waals surface area contributed by atoms with Crippen LogP contribution in [0, 0.1) is 18.8 Å². The highest BCUT2D eigenvalue weighted by atomic mass is 79.9. The van der Waals surface area contributed by atoms with Crippen molar-refractivity contribution < 1.29 is 24.9 Å². The van der Waals surface area contributed by atoms with Crippen LogP contribution < -0.4 is 0 Å². The van der Waals surface area contributed by atoms with Crippen LogP contribution in [-0.4, -0.2) is 38.8 Å². The zero-order valence-electron chi connectivity index (χ0n) is 17.1. The van der Waals surface area contributed by atoms with Gasteiger partial charge < -0.3 is 15.3 Å². The number of carboxylic acids is 1. The molecule has 7 heteroatoms. The van der Waals surface area contributed by atoms with E-state index in [4.69, 9.17) is 0 Å². The Labute approximate surface area is 185 Å². The fourth-order valence-corrected chi connectivity index (χ4v) is 5.71. The lowest BCUT2D eigenvalue weighted by molar-refractivity contribution is -0.154. The lowest BCUT2D eigenvalue weighted by Crippen LogP contribution is -2.47. The van der Waals surface area contributed by atoms with Crippen molar-refractivity contribution in [2.75, 3.05) is 0 Å². The number of aliphatic carboxylic acids is 1. The average molecular weight is 487 g/mol. The van der Waals surface area contributed by atoms with Crippen LogP contribution in [-0.2, 0) is 16.0 Å². The molecule has 0 spiro atoms. The summed E-state index contributed by atoms with van der Waals surface area (Å²) in [7, 11) is 0. The molecule has 1 aromatic heterocycles. The summed E-state index contributed by atoms with van der Waals surface area (Å²) in [5.41, 5.74) is 0.737. The fourth-order valence-electron chi connectivity index (χ4n) is 4.33. The Bertz CT molecular complexity index is 744. The zero-order valence-corrected chi connectivity index (χ0v) is 19.5. The Kier molecular flexibility index (Phi) is 9.07. The third kappa shape index (κ3) is 6.00. The van der Waals surface area contributed by atoms with Gasteiger partial charge in [-0.1, -0.05) is 12.2 Å². The summed E-state index contributed by atoms with van der Waals surface area (Å²) in [5, 5.41) is 33.0. The van der Waals surface area contributed by atoms with Crippen LogP contribution in [0.5, 0.6) is 0 Å². The standard InChI is InChI=1S/C22H31BrO5S/c1-3-4-5-9-17(21(26)27)18-11-16(24)12-22(18,28)19(25)10-7-6-8-15-13-29-20(23)14(15)2/h3-4,13,16-18,24,28H,5-12H2,1-2H3,(H,26,27)/t16-,17?,18?,22-/m1/s1. The Morgan fingerprint density at radius 2 is 2.14 bits per heavy atom. The molecule has 0 saturated heterocycles. The van der Waals surface area contributed by atoms with Crippen LogP contribution in [0.3, 0.4) is 0 Å². The van der Waals surface area contributed by atoms with Gasteiger partial charge in [0.15, 0.2) is 5.78 Å². The molecule has 0 bridgehead atoms. The predicted octanol–water partition coefficient (Wildman–Crippen LogP) is 4.66. The van der Waals surface area contributed by atoms with Gasteiger partial charge in [-0.25, -0.2) is 0 Å². The first-order chi connectivity index (χ1) is 13.7. The third-order valence-electron chi connectivity index (χ3n) is 6.03. The summed E-state index contributed by atoms with van der Waals surface area (Å²) in [6.07, 6.45) is 6.41. The highest BCUT2D eigenvalue weighted by Gasteiger charge is 2.54. The lowest BCUT2D eigenvalue weighted by Gasteiger charge is -2.32. The molecule has 1 aliphatic rings. The summed E-state index contributed by atoms with van der Waals surface area (Å²) < 4.78 is 1.12. The van der Waals surface area contributed by atoms with E-state index in [0.717, 1.165) is 16.6 Å². The highest BCUT2D eigenvalue weighted by Crippen LogP contribution is 2.44. The number of carbonyl (C=O) groups is 2. The Morgan fingerprint density at radius 1 is 1.41 bits per heavy atom. The van der Waals surface area contributed by atoms with Gasteiger partial charge in [-0.15, -0.1) is 11.3 Å². The molecule has 3 N–H and O–H groups in total. The van der Waals surface area contributed by atoms with Crippen molar-refractivity contribution >= 4 is 39.0 Å². The smallest absolute Gasteiger partial charge is 0.306 e. The second-order valence-corrected chi connectivity index (χ2v) is 10.2. The van der Waals surface area contributed by atoms with E-state index in [-0.39, 0.29) is 25.0 Å². The third-order valence-corrected chi connectivity index (χ3v) is 8.10. The molecule has 1 fully saturated rings. The van der Waals surface area contributed by atoms with Crippen molar-refractivity contribution in [1.29, 1.82) is 0 Å². The molecule has 1 heterocycles. The van der Waals surface area contributed by atoms with Gasteiger partial charge in [0, 0.05) is 18.8 Å². The lowest BCUT2D eigenvalue weighted by atomic mass is 9.75. The molecule has 1 saturated carbocycles. The minimum Gasteiger partial charge on any atom is -0.481 e. The number of carbonyl (C=O) groups excluding carboxylic acids is 1. The molecule has 0 aliphatic heterocycles. The molecule has 0 radical (unpaired) electrons. The quantitative estimate of drug-likeness (QED) is 0.312. The molecular weight excluding hydrogens is 456 g/mol. The zero-order chi connectivity index (χ0) is 21.6. The Balaban J connectivity index is 1.99. The monoisotopic (exact) mass is 486 g/mol. The maximum absolute atomic E-state index is 12.9. The van der Waals surface area contributed by atoms with Gasteiger partial charge in [0.25, 0.3) is 0 Å². The number of aliphatic hydroxyl groups excluding tert-OH is 1. The van der Waals surface area contributed by atoms with E-state index in [2.05, 4.69) is 28.2 Å². The number of allylic oxidation sites excluding steroid dienone is 2. The molecule has 2 unspecified atom stereocenters. The van der Waals surface area contributed by atoms with Crippen LogP contribution in [0.4, 0.5) is 0 Å². The van der Waals surface area contributed by atoms with Gasteiger partial charge in [-0.2, -0.15) is 0 Å². The number of hydrogen-bond donors (Lipinski definition) is 3. The van der Waals surface area contributed by atoms with E-state index < -0.39 is 29.5 Å². The molecular formula is C22H31BrO5S. The molecule has 162 valence electrons. The first-order valence-electron chi connectivity index (χ1n) is 10.2. The maximum atomic E-state index is 12.9. The number of aliphatic hydroxyl groups is 2. The summed E-state index contributed by atoms with van der Waals surface area (Å²) in [5.74, 6) is -2.94. The Morgan fingerprint density at radius 3 is 2.72 bits per heavy atom. The summed E-state index contributed by atoms with van der Waals surface area (Å²) >= 11 is 5.17. The van der Waals surface area contributed by atoms with Crippen molar-refractivity contribution in [1.82, 2.24) is 0 Å². The number of carboxylic acid groups (broad SMARTS) is 1. The molecule has 29 heavy (non-hydrogen) atoms. The largest absolute Gasteiger partial charge is 0.481 e. The summed E-state index contributed by atoms with van der Waals surface area (Å²) in [6, 6.07) is 0. The van der Waals surface area contributed by atoms with Crippen LogP contribution >= 0.6 is 27.3 Å². The van der Waals surface area contributed by atoms with Crippen LogP contribution in [0.2, 0.25) is 0 Å². The first-order valence-corrected chi connectivity index (χ1v) is 11.9. The summed E-state index contributed by atoms with van der Waals surface area (Å²) in [6.45, 7) is 3.93. The van der Waals surface area contributed by atoms with Crippen LogP contribution in [0.15, 0.2) is 21.3 Å². The number of hydrogen-bond acceptors (Lipinski definition) is 5. The number of halogens is 1. The minimum absolute atomic E-state index is 0.0690. The van der Waals surface area contributed by atoms with Crippen molar-refractivity contribution in [2.24, 2.45) is 11.8 Å². The number of aryl methyl sites for hydroxylation is 1. The maximum Gasteiger partial charge on any atom is 0.306 e. The van der Waals surface area contributed by atoms with Crippen molar-refractivity contribution in [3.8, 4) is 0 Å². The second-order valence-electron chi connectivity index (χ2n) is 8.01. The van der Waals surface area contributed by atoms with Crippen molar-refractivity contribution in [3.63, 3.8) is 0 Å². The van der Waals surface area contributed by atoms with Gasteiger partial charge in [-0.3, -0.25) is 9.59 Å². The van der Waals surface area contributed by atoms with Crippen molar-refractivity contribution in [2.45, 2.75) is 76.9 Å². The number of unbranched alkanes of at least 4 members (excludes halogenated alkanes) is 1. The fraction of sp³-hybridized carbons (Fsp3) is 0.636. The van der Waals surface area contributed by atoms with E-state index in [1.807, 2.05) is 19.1 Å². The van der Waals surface area contributed by atoms with Crippen molar-refractivity contribution in [3.05, 3.63) is 32.4 Å². The van der Waals surface area contributed by atoms with Gasteiger partial charge in [-0.05, 0) is 84.8 Å². The second kappa shape index (κ2) is 10.8. The van der Waals surface area contributed by atoms with E-state index in [1.165, 1.54) is 11.1 Å². The highest BCUT2D eigenvalue weighted by molar-refractivity contribution is 9.11. The van der Waals surface area contributed by atoms with Gasteiger partial charge in [0.1, 0.15) is 5.60 Å². The number of thiophene rings is 1. The minimum atomic E-state index is -1.75. The summed E-state index contributed by atoms with van der Waals surface area (Å²) in [4.78, 5) is 24.7. The number of rotatable bonds is 11. The number of Topliss-reactive ketones (excluding diaryl/α,β-unsaturated/α-hetero) is 1. The number of ketones is 1. The van der Waals surface area contributed by atoms with Gasteiger partial charge in [0.2, 0.25) is 0 Å². The average Bonchev–Trinajstić information content (AvgIpc) is 3.15. The SMILES string of the molecule is CC=CCCC(C(=O)O)C1C[C@@H](O)C[C@]1(O)C(=O)CCCCc1csc(Br)c1C. The molecule has 1 aliphatic carbocycles. The first kappa shape index (κ1) is 24.3.